The molecular weight excluding hydrogens is 468 g/mol. The average Bonchev–Trinajstić information content (AvgIpc) is 3.37. The van der Waals surface area contributed by atoms with Gasteiger partial charge in [0.05, 0.1) is 20.6 Å². The number of ether oxygens (including phenoxy) is 2. The summed E-state index contributed by atoms with van der Waals surface area (Å²) < 4.78 is 10.7. The van der Waals surface area contributed by atoms with E-state index in [-0.39, 0.29) is 18.2 Å². The first-order valence-corrected chi connectivity index (χ1v) is 12.9. The lowest BCUT2D eigenvalue weighted by Crippen LogP contribution is -2.41. The molecule has 37 heavy (non-hydrogen) atoms. The van der Waals surface area contributed by atoms with E-state index < -0.39 is 0 Å². The monoisotopic (exact) mass is 502 g/mol. The number of carbonyl (C=O) groups is 2. The molecule has 0 aliphatic carbocycles. The fourth-order valence-corrected chi connectivity index (χ4v) is 5.40. The molecule has 194 valence electrons. The number of nitrogens with one attached hydrogen (secondary N) is 1. The van der Waals surface area contributed by atoms with Gasteiger partial charge in [-0.1, -0.05) is 36.4 Å². The third-order valence-electron chi connectivity index (χ3n) is 7.56. The number of aromatic nitrogens is 2. The van der Waals surface area contributed by atoms with E-state index >= 15 is 0 Å². The van der Waals surface area contributed by atoms with Crippen molar-refractivity contribution >= 4 is 11.8 Å². The zero-order valence-electron chi connectivity index (χ0n) is 21.5. The van der Waals surface area contributed by atoms with E-state index in [0.29, 0.717) is 42.6 Å². The molecule has 1 fully saturated rings. The van der Waals surface area contributed by atoms with Crippen molar-refractivity contribution in [3.05, 3.63) is 76.6 Å². The summed E-state index contributed by atoms with van der Waals surface area (Å²) >= 11 is 0. The molecule has 2 aromatic carbocycles. The molecule has 2 aliphatic rings. The Bertz CT molecular complexity index is 1250. The van der Waals surface area contributed by atoms with Crippen LogP contribution in [-0.4, -0.2) is 65.7 Å². The molecule has 3 aromatic rings. The maximum atomic E-state index is 13.4. The fourth-order valence-electron chi connectivity index (χ4n) is 5.40. The fraction of sp³-hybridized carbons (Fsp3) is 0.414. The van der Waals surface area contributed by atoms with Gasteiger partial charge in [0.2, 0.25) is 5.91 Å². The van der Waals surface area contributed by atoms with Crippen LogP contribution in [0.3, 0.4) is 0 Å². The van der Waals surface area contributed by atoms with Crippen molar-refractivity contribution < 1.29 is 19.1 Å². The van der Waals surface area contributed by atoms with Crippen LogP contribution in [0.2, 0.25) is 0 Å². The number of rotatable bonds is 7. The lowest BCUT2D eigenvalue weighted by molar-refractivity contribution is -0.131. The highest BCUT2D eigenvalue weighted by molar-refractivity contribution is 5.94. The van der Waals surface area contributed by atoms with Crippen molar-refractivity contribution in [2.45, 2.75) is 38.6 Å². The van der Waals surface area contributed by atoms with Crippen LogP contribution >= 0.6 is 0 Å². The van der Waals surface area contributed by atoms with Crippen LogP contribution in [0.15, 0.2) is 48.5 Å². The lowest BCUT2D eigenvalue weighted by atomic mass is 9.90. The second-order valence-corrected chi connectivity index (χ2v) is 9.89. The molecule has 3 heterocycles. The van der Waals surface area contributed by atoms with Gasteiger partial charge >= 0.3 is 0 Å². The third-order valence-corrected chi connectivity index (χ3v) is 7.56. The molecule has 0 bridgehead atoms. The number of hydrogen-bond acceptors (Lipinski definition) is 5. The number of aromatic amines is 1. The molecule has 0 saturated carbocycles. The van der Waals surface area contributed by atoms with Crippen LogP contribution in [0.25, 0.3) is 0 Å². The number of piperidine rings is 1. The van der Waals surface area contributed by atoms with Gasteiger partial charge < -0.3 is 19.3 Å². The summed E-state index contributed by atoms with van der Waals surface area (Å²) in [6.07, 6.45) is 3.95. The van der Waals surface area contributed by atoms with Crippen molar-refractivity contribution in [1.29, 1.82) is 0 Å². The Labute approximate surface area is 217 Å². The van der Waals surface area contributed by atoms with Gasteiger partial charge in [0, 0.05) is 43.9 Å². The highest BCUT2D eigenvalue weighted by Gasteiger charge is 2.31. The number of benzene rings is 2. The van der Waals surface area contributed by atoms with Crippen molar-refractivity contribution in [3.8, 4) is 11.5 Å². The van der Waals surface area contributed by atoms with Gasteiger partial charge in [-0.15, -0.1) is 0 Å². The van der Waals surface area contributed by atoms with E-state index in [1.54, 1.807) is 14.2 Å². The normalized spacial score (nSPS) is 15.8. The van der Waals surface area contributed by atoms with E-state index in [9.17, 15) is 9.59 Å². The third kappa shape index (κ3) is 5.48. The Morgan fingerprint density at radius 1 is 0.946 bits per heavy atom. The van der Waals surface area contributed by atoms with Gasteiger partial charge in [0.1, 0.15) is 0 Å². The van der Waals surface area contributed by atoms with Gasteiger partial charge in [-0.05, 0) is 48.4 Å². The summed E-state index contributed by atoms with van der Waals surface area (Å²) in [4.78, 5) is 30.3. The maximum Gasteiger partial charge on any atom is 0.274 e. The Hall–Kier alpha value is -3.81. The second kappa shape index (κ2) is 11.1. The topological polar surface area (TPSA) is 87.8 Å². The number of H-pyrrole nitrogens is 1. The van der Waals surface area contributed by atoms with Crippen LogP contribution in [0.1, 0.15) is 45.7 Å². The van der Waals surface area contributed by atoms with Crippen LogP contribution in [0.5, 0.6) is 11.5 Å². The Kier molecular flexibility index (Phi) is 7.44. The zero-order chi connectivity index (χ0) is 25.8. The van der Waals surface area contributed by atoms with Gasteiger partial charge in [0.25, 0.3) is 5.91 Å². The number of fused-ring (bicyclic) bond motifs is 1. The van der Waals surface area contributed by atoms with Gasteiger partial charge in [0.15, 0.2) is 17.2 Å². The molecule has 5 rings (SSSR count). The molecule has 2 aliphatic heterocycles. The van der Waals surface area contributed by atoms with Crippen molar-refractivity contribution in [1.82, 2.24) is 20.0 Å². The number of nitrogens with zero attached hydrogens (tertiary/aromatic N) is 3. The molecule has 8 nitrogen and oxygen atoms in total. The minimum Gasteiger partial charge on any atom is -0.493 e. The molecule has 1 N–H and O–H groups in total. The van der Waals surface area contributed by atoms with E-state index in [4.69, 9.17) is 9.47 Å². The van der Waals surface area contributed by atoms with Gasteiger partial charge in [-0.25, -0.2) is 0 Å². The quantitative estimate of drug-likeness (QED) is 0.533. The number of likely N-dealkylation sites (tertiary alicyclic amines) is 1. The summed E-state index contributed by atoms with van der Waals surface area (Å²) in [5.74, 6) is 1.80. The van der Waals surface area contributed by atoms with Crippen molar-refractivity contribution in [3.63, 3.8) is 0 Å². The first-order chi connectivity index (χ1) is 18.1. The van der Waals surface area contributed by atoms with Gasteiger partial charge in [-0.3, -0.25) is 14.7 Å². The summed E-state index contributed by atoms with van der Waals surface area (Å²) in [5, 5.41) is 7.45. The standard InChI is InChI=1S/C29H34N4O4/c1-36-25-9-8-22(17-26(25)37-2)18-27(34)33-15-12-24-23(19-33)28(31-30-24)29(35)32-13-10-21(11-14-32)16-20-6-4-3-5-7-20/h3-9,17,21H,10-16,18-19H2,1-2H3,(H,30,31). The number of hydrogen-bond donors (Lipinski definition) is 1. The van der Waals surface area contributed by atoms with E-state index in [1.807, 2.05) is 34.1 Å². The highest BCUT2D eigenvalue weighted by atomic mass is 16.5. The predicted molar refractivity (Wildman–Crippen MR) is 140 cm³/mol. The molecule has 0 radical (unpaired) electrons. The van der Waals surface area contributed by atoms with Crippen LogP contribution in [0.4, 0.5) is 0 Å². The predicted octanol–water partition coefficient (Wildman–Crippen LogP) is 3.65. The summed E-state index contributed by atoms with van der Waals surface area (Å²) in [6.45, 7) is 2.46. The summed E-state index contributed by atoms with van der Waals surface area (Å²) in [6, 6.07) is 16.1. The summed E-state index contributed by atoms with van der Waals surface area (Å²) in [5.41, 5.74) is 4.47. The van der Waals surface area contributed by atoms with Crippen molar-refractivity contribution in [2.24, 2.45) is 5.92 Å². The van der Waals surface area contributed by atoms with Gasteiger partial charge in [-0.2, -0.15) is 5.10 Å². The zero-order valence-corrected chi connectivity index (χ0v) is 21.5. The van der Waals surface area contributed by atoms with Crippen LogP contribution in [0, 0.1) is 5.92 Å². The Morgan fingerprint density at radius 2 is 1.70 bits per heavy atom. The Morgan fingerprint density at radius 3 is 2.43 bits per heavy atom. The number of carbonyl (C=O) groups excluding carboxylic acids is 2. The lowest BCUT2D eigenvalue weighted by Gasteiger charge is -2.32. The van der Waals surface area contributed by atoms with Crippen molar-refractivity contribution in [2.75, 3.05) is 33.9 Å². The minimum absolute atomic E-state index is 0.0131. The molecule has 0 atom stereocenters. The number of methoxy groups -OCH3 is 2. The van der Waals surface area contributed by atoms with E-state index in [2.05, 4.69) is 34.5 Å². The highest BCUT2D eigenvalue weighted by Crippen LogP contribution is 2.29. The molecule has 0 unspecified atom stereocenters. The molecule has 2 amide bonds. The smallest absolute Gasteiger partial charge is 0.274 e. The second-order valence-electron chi connectivity index (χ2n) is 9.89. The first-order valence-electron chi connectivity index (χ1n) is 12.9. The SMILES string of the molecule is COc1ccc(CC(=O)N2CCc3[nH]nc(C(=O)N4CCC(Cc5ccccc5)CC4)c3C2)cc1OC. The largest absolute Gasteiger partial charge is 0.493 e. The average molecular weight is 503 g/mol. The molecule has 1 saturated heterocycles. The van der Waals surface area contributed by atoms with Crippen LogP contribution < -0.4 is 9.47 Å². The molecule has 1 aromatic heterocycles. The minimum atomic E-state index is -0.0372. The van der Waals surface area contributed by atoms with E-state index in [1.165, 1.54) is 5.56 Å². The molecule has 0 spiro atoms. The summed E-state index contributed by atoms with van der Waals surface area (Å²) in [7, 11) is 3.17. The Balaban J connectivity index is 1.21. The van der Waals surface area contributed by atoms with Crippen LogP contribution in [-0.2, 0) is 30.6 Å². The first kappa shape index (κ1) is 24.9. The maximum absolute atomic E-state index is 13.4. The molecular formula is C29H34N4O4. The van der Waals surface area contributed by atoms with E-state index in [0.717, 1.165) is 49.2 Å². The number of amides is 2. The molecule has 8 heteroatoms.